The molecule has 17 atom stereocenters. The molecule has 1 saturated heterocycles. The van der Waals surface area contributed by atoms with E-state index in [9.17, 15) is 35.7 Å². The highest BCUT2D eigenvalue weighted by Gasteiger charge is 2.66. The van der Waals surface area contributed by atoms with Gasteiger partial charge in [-0.3, -0.25) is 0 Å². The molecular formula is C71H87N3O8S2. The van der Waals surface area contributed by atoms with Gasteiger partial charge in [0.2, 0.25) is 0 Å². The molecule has 13 heteroatoms. The number of aliphatic hydroxyl groups is 6. The third kappa shape index (κ3) is 10.5. The van der Waals surface area contributed by atoms with Gasteiger partial charge < -0.3 is 56.5 Å². The first-order chi connectivity index (χ1) is 40.8. The number of rotatable bonds is 8. The number of phenolic OH excluding ortho intramolecular Hbond substituents is 1. The lowest BCUT2D eigenvalue weighted by Crippen LogP contribution is -2.62. The number of hydrogen-bond donors (Lipinski definition) is 10. The lowest BCUT2D eigenvalue weighted by molar-refractivity contribution is -0.128. The maximum atomic E-state index is 12.9. The Morgan fingerprint density at radius 1 is 0.845 bits per heavy atom. The standard InChI is InChI=1S/C71H87N3O8S2/c1-2-42-27-47-31-61(79)63(82-64-32-48(28-50-15-10-25-73-50)51-20-26-74-68(72)56(51)40-84-83-39-49(37-75)67(64)81)34-53(47)54-33-62(80)66-45(29-52(42)54)18-23-70-36-55(43-11-4-3-5-12-43)58-30-44-13-6-7-14-46(44)35-69(21-8-9-22-69)41-71(58,65(70)38-76)24-19-57(70)59(77)16-17-60(66)78/h3-7,10-15,19-20,24-25,29,31,34,42,45,48-49,54-55,57-60,62,64-67,73-81H,2,8-9,16-17,21-22,26-28,30,32-33,35-41,72H2,1H3. The van der Waals surface area contributed by atoms with Crippen molar-refractivity contribution in [3.05, 3.63) is 165 Å². The topological polar surface area (TPSA) is 205 Å². The molecule has 3 aromatic carbocycles. The van der Waals surface area contributed by atoms with Gasteiger partial charge in [0.15, 0.2) is 11.5 Å². The Morgan fingerprint density at radius 2 is 1.64 bits per heavy atom. The molecule has 2 saturated carbocycles. The number of nitrogens with two attached hydrogens (primary N) is 1. The summed E-state index contributed by atoms with van der Waals surface area (Å²) in [7, 11) is 3.26. The van der Waals surface area contributed by atoms with Crippen molar-refractivity contribution in [3.8, 4) is 23.3 Å². The molecular weight excluding hydrogens is 1090 g/mol. The number of fused-ring (bicyclic) bond motifs is 6. The third-order valence-electron chi connectivity index (χ3n) is 22.6. The second-order valence-corrected chi connectivity index (χ2v) is 29.5. The Labute approximate surface area is 504 Å². The lowest BCUT2D eigenvalue weighted by Gasteiger charge is -2.65. The summed E-state index contributed by atoms with van der Waals surface area (Å²) in [4.78, 5) is 3.39. The van der Waals surface area contributed by atoms with Gasteiger partial charge >= 0.3 is 0 Å². The summed E-state index contributed by atoms with van der Waals surface area (Å²) in [5.74, 6) is 7.52. The molecule has 3 spiro atoms. The number of aromatic amines is 1. The molecule has 13 rings (SSSR count). The first-order valence-electron chi connectivity index (χ1n) is 31.7. The van der Waals surface area contributed by atoms with Crippen molar-refractivity contribution in [1.82, 2.24) is 10.3 Å². The minimum absolute atomic E-state index is 0.0274. The predicted molar refractivity (Wildman–Crippen MR) is 334 cm³/mol. The van der Waals surface area contributed by atoms with Crippen LogP contribution in [0.1, 0.15) is 123 Å². The fraction of sp³-hybridized carbons (Fsp3) is 0.549. The number of nitrogens with one attached hydrogen (secondary N) is 2. The van der Waals surface area contributed by atoms with E-state index in [0.29, 0.717) is 62.4 Å². The van der Waals surface area contributed by atoms with Gasteiger partial charge in [-0.15, -0.1) is 0 Å². The van der Waals surface area contributed by atoms with Gasteiger partial charge in [0.05, 0.1) is 24.4 Å². The average Bonchev–Trinajstić information content (AvgIpc) is 1.62. The van der Waals surface area contributed by atoms with Gasteiger partial charge in [-0.25, -0.2) is 0 Å². The van der Waals surface area contributed by atoms with Crippen LogP contribution in [0, 0.1) is 75.4 Å². The number of aliphatic hydroxyl groups excluding tert-OH is 6. The van der Waals surface area contributed by atoms with Crippen LogP contribution in [0.4, 0.5) is 0 Å². The van der Waals surface area contributed by atoms with E-state index in [1.54, 1.807) is 21.6 Å². The Balaban J connectivity index is 0.908. The van der Waals surface area contributed by atoms with E-state index in [0.717, 1.165) is 72.1 Å². The van der Waals surface area contributed by atoms with Crippen LogP contribution in [0.15, 0.2) is 132 Å². The van der Waals surface area contributed by atoms with E-state index in [1.807, 2.05) is 24.4 Å². The largest absolute Gasteiger partial charge is 0.504 e. The highest BCUT2D eigenvalue weighted by atomic mass is 33.1. The second-order valence-electron chi connectivity index (χ2n) is 27.0. The van der Waals surface area contributed by atoms with Crippen LogP contribution in [-0.4, -0.2) is 103 Å². The van der Waals surface area contributed by atoms with Crippen molar-refractivity contribution in [1.29, 1.82) is 0 Å². The summed E-state index contributed by atoms with van der Waals surface area (Å²) in [6.07, 6.45) is 18.1. The Morgan fingerprint density at radius 3 is 2.42 bits per heavy atom. The number of benzene rings is 3. The van der Waals surface area contributed by atoms with E-state index >= 15 is 0 Å². The summed E-state index contributed by atoms with van der Waals surface area (Å²) in [5, 5.41) is 89.3. The number of aromatic hydroxyl groups is 1. The van der Waals surface area contributed by atoms with Crippen molar-refractivity contribution in [2.24, 2.45) is 69.3 Å². The molecule has 84 heavy (non-hydrogen) atoms. The van der Waals surface area contributed by atoms with Crippen molar-refractivity contribution in [2.45, 2.75) is 146 Å². The zero-order chi connectivity index (χ0) is 57.9. The van der Waals surface area contributed by atoms with Gasteiger partial charge in [-0.05, 0) is 176 Å². The number of aromatic nitrogens is 1. The van der Waals surface area contributed by atoms with Crippen LogP contribution >= 0.6 is 21.6 Å². The average molecular weight is 1170 g/mol. The van der Waals surface area contributed by atoms with Gasteiger partial charge in [0.1, 0.15) is 11.9 Å². The molecule has 2 aliphatic heterocycles. The molecule has 446 valence electrons. The van der Waals surface area contributed by atoms with Gasteiger partial charge in [-0.1, -0.05) is 138 Å². The molecule has 11 N–H and O–H groups in total. The minimum atomic E-state index is -1.08. The Bertz CT molecular complexity index is 3220. The number of dihydropyridines is 1. The van der Waals surface area contributed by atoms with Crippen LogP contribution in [0.2, 0.25) is 0 Å². The molecule has 1 aromatic heterocycles. The molecule has 9 aliphatic rings. The number of H-pyrrole nitrogens is 1. The van der Waals surface area contributed by atoms with Crippen molar-refractivity contribution in [3.63, 3.8) is 0 Å². The zero-order valence-corrected chi connectivity index (χ0v) is 50.3. The highest BCUT2D eigenvalue weighted by molar-refractivity contribution is 8.76. The molecule has 0 radical (unpaired) electrons. The maximum Gasteiger partial charge on any atom is 0.161 e. The van der Waals surface area contributed by atoms with E-state index in [2.05, 4.69) is 114 Å². The smallest absolute Gasteiger partial charge is 0.161 e. The monoisotopic (exact) mass is 1170 g/mol. The van der Waals surface area contributed by atoms with Gasteiger partial charge in [-0.2, -0.15) is 0 Å². The number of phenols is 1. The first-order valence-corrected chi connectivity index (χ1v) is 34.1. The SMILES string of the molecule is CCC1Cc2cc(O)c(OC3CC(Cc4ccc[nH]4)C4=CCNC(N)=C4CSSCC(CO)C3O)cc2C2CC(O)C3C(C#CC45CC(c6ccccc6)C6Cc7ccccc7CC7(CCCC7)CC6(C=CC4C(O)CCC3O)C5CO)C=C12. The van der Waals surface area contributed by atoms with Crippen molar-refractivity contribution < 1.29 is 40.5 Å². The normalized spacial score (nSPS) is 37.1. The van der Waals surface area contributed by atoms with Crippen molar-refractivity contribution in [2.75, 3.05) is 31.3 Å². The fourth-order valence-corrected chi connectivity index (χ4v) is 21.1. The number of ether oxygens (including phenoxy) is 1. The zero-order valence-electron chi connectivity index (χ0n) is 48.6. The van der Waals surface area contributed by atoms with E-state index in [4.69, 9.17) is 10.5 Å². The van der Waals surface area contributed by atoms with Crippen LogP contribution in [0.5, 0.6) is 11.5 Å². The third-order valence-corrected chi connectivity index (χ3v) is 25.0. The number of allylic oxidation sites excluding steroid dienone is 4. The molecule has 11 nitrogen and oxygen atoms in total. The molecule has 17 unspecified atom stereocenters. The molecule has 3 heterocycles. The quantitative estimate of drug-likeness (QED) is 0.0455. The Hall–Kier alpha value is -4.88. The predicted octanol–water partition coefficient (Wildman–Crippen LogP) is 10.2. The molecule has 2 bridgehead atoms. The molecule has 3 fully saturated rings. The maximum absolute atomic E-state index is 12.9. The van der Waals surface area contributed by atoms with E-state index < -0.39 is 59.1 Å². The summed E-state index contributed by atoms with van der Waals surface area (Å²) in [6.45, 7) is 2.47. The van der Waals surface area contributed by atoms with E-state index in [-0.39, 0.29) is 78.0 Å². The van der Waals surface area contributed by atoms with Gasteiger partial charge in [0.25, 0.3) is 0 Å². The minimum Gasteiger partial charge on any atom is -0.504 e. The summed E-state index contributed by atoms with van der Waals surface area (Å²) in [6, 6.07) is 27.9. The highest BCUT2D eigenvalue weighted by Crippen LogP contribution is 2.71. The Kier molecular flexibility index (Phi) is 16.6. The summed E-state index contributed by atoms with van der Waals surface area (Å²) in [5.41, 5.74) is 15.9. The molecule has 4 aromatic rings. The first kappa shape index (κ1) is 58.2. The molecule has 0 amide bonds. The van der Waals surface area contributed by atoms with Crippen LogP contribution < -0.4 is 15.8 Å². The molecule has 7 aliphatic carbocycles. The van der Waals surface area contributed by atoms with Gasteiger partial charge in [0, 0.05) is 89.7 Å². The van der Waals surface area contributed by atoms with Crippen LogP contribution in [-0.2, 0) is 25.7 Å². The summed E-state index contributed by atoms with van der Waals surface area (Å²) >= 11 is 0. The lowest BCUT2D eigenvalue weighted by atomic mass is 9.38. The van der Waals surface area contributed by atoms with Crippen molar-refractivity contribution >= 4 is 21.6 Å². The number of hydrogen-bond acceptors (Lipinski definition) is 12. The summed E-state index contributed by atoms with van der Waals surface area (Å²) < 4.78 is 7.03. The second kappa shape index (κ2) is 24.0. The van der Waals surface area contributed by atoms with Crippen LogP contribution in [0.3, 0.4) is 0 Å². The van der Waals surface area contributed by atoms with E-state index in [1.165, 1.54) is 29.5 Å². The fourth-order valence-electron chi connectivity index (χ4n) is 18.6. The van der Waals surface area contributed by atoms with Crippen LogP contribution in [0.25, 0.3) is 0 Å².